The number of aliphatic carboxylic acids is 1. The molecule has 13 heavy (non-hydrogen) atoms. The average molecular weight is 177 g/mol. The summed E-state index contributed by atoms with van der Waals surface area (Å²) >= 11 is 0. The molecule has 0 aromatic heterocycles. The van der Waals surface area contributed by atoms with E-state index in [2.05, 4.69) is 5.32 Å². The van der Waals surface area contributed by atoms with Crippen LogP contribution in [0, 0.1) is 0 Å². The second kappa shape index (κ2) is 3.18. The van der Waals surface area contributed by atoms with Gasteiger partial charge in [0.15, 0.2) is 0 Å². The molecule has 2 N–H and O–H groups in total. The zero-order valence-electron chi connectivity index (χ0n) is 7.16. The van der Waals surface area contributed by atoms with E-state index in [0.717, 1.165) is 17.7 Å². The van der Waals surface area contributed by atoms with Crippen molar-refractivity contribution in [1.29, 1.82) is 0 Å². The van der Waals surface area contributed by atoms with Crippen LogP contribution in [0.15, 0.2) is 24.3 Å². The first kappa shape index (κ1) is 8.26. The molecule has 0 radical (unpaired) electrons. The van der Waals surface area contributed by atoms with Crippen molar-refractivity contribution in [3.63, 3.8) is 0 Å². The third-order valence-electron chi connectivity index (χ3n) is 2.39. The highest BCUT2D eigenvalue weighted by Crippen LogP contribution is 2.23. The van der Waals surface area contributed by atoms with Crippen LogP contribution in [0.2, 0.25) is 0 Å². The predicted molar refractivity (Wildman–Crippen MR) is 48.5 cm³/mol. The minimum Gasteiger partial charge on any atom is -0.481 e. The van der Waals surface area contributed by atoms with Crippen LogP contribution in [0.1, 0.15) is 17.0 Å². The molecule has 1 heterocycles. The number of hydrogen-bond donors (Lipinski definition) is 2. The molecule has 3 nitrogen and oxygen atoms in total. The molecule has 0 aliphatic carbocycles. The Morgan fingerprint density at radius 2 is 2.23 bits per heavy atom. The quantitative estimate of drug-likeness (QED) is 0.671. The van der Waals surface area contributed by atoms with Gasteiger partial charge in [0.2, 0.25) is 0 Å². The van der Waals surface area contributed by atoms with E-state index in [4.69, 9.17) is 5.11 Å². The number of benzene rings is 1. The highest BCUT2D eigenvalue weighted by atomic mass is 16.4. The Bertz CT molecular complexity index is 335. The molecule has 1 aromatic rings. The van der Waals surface area contributed by atoms with Crippen LogP contribution in [-0.4, -0.2) is 17.6 Å². The summed E-state index contributed by atoms with van der Waals surface area (Å²) in [6.07, 6.45) is 0. The van der Waals surface area contributed by atoms with E-state index in [1.54, 1.807) is 0 Å². The number of carbonyl (C=O) groups is 1. The van der Waals surface area contributed by atoms with Gasteiger partial charge in [-0.2, -0.15) is 0 Å². The molecule has 0 saturated heterocycles. The molecule has 0 spiro atoms. The fraction of sp³-hybridized carbons (Fsp3) is 0.300. The maximum absolute atomic E-state index is 10.9. The summed E-state index contributed by atoms with van der Waals surface area (Å²) in [4.78, 5) is 10.9. The van der Waals surface area contributed by atoms with Gasteiger partial charge >= 0.3 is 5.97 Å². The van der Waals surface area contributed by atoms with E-state index >= 15 is 0 Å². The van der Waals surface area contributed by atoms with Gasteiger partial charge in [-0.15, -0.1) is 0 Å². The van der Waals surface area contributed by atoms with E-state index in [0.29, 0.717) is 6.54 Å². The monoisotopic (exact) mass is 177 g/mol. The summed E-state index contributed by atoms with van der Waals surface area (Å²) in [5.74, 6) is -1.13. The fourth-order valence-corrected chi connectivity index (χ4v) is 1.72. The molecular weight excluding hydrogens is 166 g/mol. The minimum atomic E-state index is -0.750. The lowest BCUT2D eigenvalue weighted by Gasteiger charge is -2.22. The van der Waals surface area contributed by atoms with E-state index in [9.17, 15) is 4.79 Å². The van der Waals surface area contributed by atoms with Crippen LogP contribution in [-0.2, 0) is 11.3 Å². The van der Waals surface area contributed by atoms with Crippen LogP contribution in [0.5, 0.6) is 0 Å². The van der Waals surface area contributed by atoms with Crippen LogP contribution < -0.4 is 5.32 Å². The molecule has 0 bridgehead atoms. The molecule has 0 fully saturated rings. The molecule has 1 atom stereocenters. The molecule has 1 aromatic carbocycles. The van der Waals surface area contributed by atoms with Crippen molar-refractivity contribution in [2.45, 2.75) is 12.5 Å². The highest BCUT2D eigenvalue weighted by molar-refractivity contribution is 5.77. The maximum atomic E-state index is 10.9. The van der Waals surface area contributed by atoms with Gasteiger partial charge < -0.3 is 10.4 Å². The van der Waals surface area contributed by atoms with Crippen molar-refractivity contribution in [3.8, 4) is 0 Å². The van der Waals surface area contributed by atoms with Crippen molar-refractivity contribution < 1.29 is 9.90 Å². The molecular formula is C10H11NO2. The number of nitrogens with one attached hydrogen (secondary N) is 1. The van der Waals surface area contributed by atoms with Crippen molar-refractivity contribution in [2.75, 3.05) is 6.54 Å². The van der Waals surface area contributed by atoms with Gasteiger partial charge in [-0.3, -0.25) is 4.79 Å². The first-order valence-corrected chi connectivity index (χ1v) is 4.30. The second-order valence-corrected chi connectivity index (χ2v) is 3.22. The number of fused-ring (bicyclic) bond motifs is 1. The summed E-state index contributed by atoms with van der Waals surface area (Å²) in [5, 5.41) is 12.0. The third kappa shape index (κ3) is 1.42. The lowest BCUT2D eigenvalue weighted by atomic mass is 9.91. The van der Waals surface area contributed by atoms with Gasteiger partial charge in [0.1, 0.15) is 0 Å². The number of carboxylic acid groups (broad SMARTS) is 1. The average Bonchev–Trinajstić information content (AvgIpc) is 2.17. The predicted octanol–water partition coefficient (Wildman–Crippen LogP) is 0.958. The Kier molecular flexibility index (Phi) is 2.02. The Balaban J connectivity index is 2.42. The first-order chi connectivity index (χ1) is 6.29. The second-order valence-electron chi connectivity index (χ2n) is 3.22. The zero-order chi connectivity index (χ0) is 9.26. The molecule has 1 unspecified atom stereocenters. The van der Waals surface area contributed by atoms with E-state index in [1.807, 2.05) is 24.3 Å². The lowest BCUT2D eigenvalue weighted by molar-refractivity contribution is -0.138. The summed E-state index contributed by atoms with van der Waals surface area (Å²) in [5.41, 5.74) is 2.05. The van der Waals surface area contributed by atoms with Gasteiger partial charge in [-0.25, -0.2) is 0 Å². The fourth-order valence-electron chi connectivity index (χ4n) is 1.72. The Morgan fingerprint density at radius 3 is 3.00 bits per heavy atom. The van der Waals surface area contributed by atoms with Crippen LogP contribution in [0.4, 0.5) is 0 Å². The molecule has 1 aliphatic heterocycles. The van der Waals surface area contributed by atoms with Gasteiger partial charge in [-0.1, -0.05) is 24.3 Å². The van der Waals surface area contributed by atoms with Crippen LogP contribution >= 0.6 is 0 Å². The molecule has 68 valence electrons. The van der Waals surface area contributed by atoms with Crippen molar-refractivity contribution >= 4 is 5.97 Å². The Labute approximate surface area is 76.4 Å². The van der Waals surface area contributed by atoms with Gasteiger partial charge in [0, 0.05) is 13.1 Å². The normalized spacial score (nSPS) is 20.8. The maximum Gasteiger partial charge on any atom is 0.312 e. The lowest BCUT2D eigenvalue weighted by Crippen LogP contribution is -2.32. The molecule has 0 amide bonds. The number of carboxylic acids is 1. The van der Waals surface area contributed by atoms with Gasteiger partial charge in [0.05, 0.1) is 5.92 Å². The first-order valence-electron chi connectivity index (χ1n) is 4.30. The number of hydrogen-bond acceptors (Lipinski definition) is 2. The summed E-state index contributed by atoms with van der Waals surface area (Å²) in [7, 11) is 0. The topological polar surface area (TPSA) is 49.3 Å². The van der Waals surface area contributed by atoms with Crippen molar-refractivity contribution in [3.05, 3.63) is 35.4 Å². The van der Waals surface area contributed by atoms with Crippen LogP contribution in [0.3, 0.4) is 0 Å². The molecule has 0 saturated carbocycles. The van der Waals surface area contributed by atoms with E-state index in [1.165, 1.54) is 0 Å². The van der Waals surface area contributed by atoms with E-state index in [-0.39, 0.29) is 5.92 Å². The largest absolute Gasteiger partial charge is 0.481 e. The van der Waals surface area contributed by atoms with E-state index < -0.39 is 5.97 Å². The third-order valence-corrected chi connectivity index (χ3v) is 2.39. The summed E-state index contributed by atoms with van der Waals surface area (Å²) < 4.78 is 0. The van der Waals surface area contributed by atoms with Gasteiger partial charge in [0.25, 0.3) is 0 Å². The van der Waals surface area contributed by atoms with Gasteiger partial charge in [-0.05, 0) is 11.1 Å². The summed E-state index contributed by atoms with van der Waals surface area (Å²) in [6, 6.07) is 7.69. The zero-order valence-corrected chi connectivity index (χ0v) is 7.16. The highest BCUT2D eigenvalue weighted by Gasteiger charge is 2.24. The SMILES string of the molecule is O=C(O)C1CNCc2ccccc21. The van der Waals surface area contributed by atoms with Crippen LogP contribution in [0.25, 0.3) is 0 Å². The van der Waals surface area contributed by atoms with Crippen molar-refractivity contribution in [2.24, 2.45) is 0 Å². The molecule has 2 rings (SSSR count). The standard InChI is InChI=1S/C10H11NO2/c12-10(13)9-6-11-5-7-3-1-2-4-8(7)9/h1-4,9,11H,5-6H2,(H,12,13). The molecule has 3 heteroatoms. The van der Waals surface area contributed by atoms with Crippen molar-refractivity contribution in [1.82, 2.24) is 5.32 Å². The Hall–Kier alpha value is -1.35. The molecule has 1 aliphatic rings. The minimum absolute atomic E-state index is 0.384. The Morgan fingerprint density at radius 1 is 1.46 bits per heavy atom. The smallest absolute Gasteiger partial charge is 0.312 e. The number of rotatable bonds is 1. The summed E-state index contributed by atoms with van der Waals surface area (Å²) in [6.45, 7) is 1.31.